The van der Waals surface area contributed by atoms with Crippen molar-refractivity contribution >= 4 is 5.69 Å². The summed E-state index contributed by atoms with van der Waals surface area (Å²) in [7, 11) is 0. The van der Waals surface area contributed by atoms with Gasteiger partial charge in [0, 0.05) is 12.1 Å². The lowest BCUT2D eigenvalue weighted by molar-refractivity contribution is -0.386. The van der Waals surface area contributed by atoms with Gasteiger partial charge in [-0.2, -0.15) is 0 Å². The Morgan fingerprint density at radius 1 is 1.67 bits per heavy atom. The molecule has 15 heavy (non-hydrogen) atoms. The molecule has 0 fully saturated rings. The summed E-state index contributed by atoms with van der Waals surface area (Å²) in [6.07, 6.45) is -0.770. The SMILES string of the molecule is CC(O)COc1cc(F)ccc1[N+](=O)[O-]. The van der Waals surface area contributed by atoms with Crippen LogP contribution in [0.1, 0.15) is 6.92 Å². The van der Waals surface area contributed by atoms with Gasteiger partial charge in [-0.1, -0.05) is 0 Å². The smallest absolute Gasteiger partial charge is 0.311 e. The number of rotatable bonds is 4. The van der Waals surface area contributed by atoms with Crippen LogP contribution in [0.3, 0.4) is 0 Å². The van der Waals surface area contributed by atoms with Crippen LogP contribution < -0.4 is 4.74 Å². The number of ether oxygens (including phenoxy) is 1. The highest BCUT2D eigenvalue weighted by molar-refractivity contribution is 5.46. The molecule has 1 N–H and O–H groups in total. The summed E-state index contributed by atoms with van der Waals surface area (Å²) in [5, 5.41) is 19.4. The Hall–Kier alpha value is -1.69. The van der Waals surface area contributed by atoms with E-state index < -0.39 is 16.8 Å². The van der Waals surface area contributed by atoms with Crippen molar-refractivity contribution in [3.05, 3.63) is 34.1 Å². The Bertz CT molecular complexity index is 367. The second-order valence-electron chi connectivity index (χ2n) is 3.03. The monoisotopic (exact) mass is 215 g/mol. The van der Waals surface area contributed by atoms with Crippen LogP contribution in [-0.4, -0.2) is 22.7 Å². The van der Waals surface area contributed by atoms with Gasteiger partial charge >= 0.3 is 5.69 Å². The van der Waals surface area contributed by atoms with Crippen molar-refractivity contribution < 1.29 is 19.2 Å². The normalized spacial score (nSPS) is 12.2. The number of aliphatic hydroxyl groups excluding tert-OH is 1. The molecule has 0 amide bonds. The van der Waals surface area contributed by atoms with Gasteiger partial charge in [0.1, 0.15) is 12.4 Å². The van der Waals surface area contributed by atoms with Gasteiger partial charge in [0.25, 0.3) is 0 Å². The lowest BCUT2D eigenvalue weighted by Crippen LogP contribution is -2.13. The van der Waals surface area contributed by atoms with E-state index in [9.17, 15) is 14.5 Å². The third-order valence-electron chi connectivity index (χ3n) is 1.60. The number of nitro benzene ring substituents is 1. The predicted octanol–water partition coefficient (Wildman–Crippen LogP) is 1.49. The van der Waals surface area contributed by atoms with Crippen LogP contribution in [0.4, 0.5) is 10.1 Å². The first kappa shape index (κ1) is 11.4. The molecule has 0 spiro atoms. The molecule has 0 radical (unpaired) electrons. The molecule has 1 aromatic rings. The number of nitrogens with zero attached hydrogens (tertiary/aromatic N) is 1. The Balaban J connectivity index is 2.92. The van der Waals surface area contributed by atoms with Crippen LogP contribution in [0.5, 0.6) is 5.75 Å². The molecule has 0 heterocycles. The molecule has 0 saturated carbocycles. The van der Waals surface area contributed by atoms with E-state index in [4.69, 9.17) is 9.84 Å². The Labute approximate surface area is 85.3 Å². The fourth-order valence-electron chi connectivity index (χ4n) is 0.965. The minimum atomic E-state index is -0.770. The zero-order valence-electron chi connectivity index (χ0n) is 8.01. The first-order chi connectivity index (χ1) is 7.00. The molecule has 0 saturated heterocycles. The van der Waals surface area contributed by atoms with Crippen molar-refractivity contribution in [2.24, 2.45) is 0 Å². The van der Waals surface area contributed by atoms with E-state index in [-0.39, 0.29) is 18.0 Å². The van der Waals surface area contributed by atoms with Gasteiger partial charge in [-0.3, -0.25) is 10.1 Å². The Morgan fingerprint density at radius 3 is 2.87 bits per heavy atom. The van der Waals surface area contributed by atoms with Crippen molar-refractivity contribution in [2.75, 3.05) is 6.61 Å². The van der Waals surface area contributed by atoms with Crippen LogP contribution in [0.25, 0.3) is 0 Å². The summed E-state index contributed by atoms with van der Waals surface area (Å²) in [5.74, 6) is -0.804. The molecule has 1 unspecified atom stereocenters. The largest absolute Gasteiger partial charge is 0.484 e. The highest BCUT2D eigenvalue weighted by atomic mass is 19.1. The molecule has 0 bridgehead atoms. The van der Waals surface area contributed by atoms with E-state index in [1.54, 1.807) is 0 Å². The Morgan fingerprint density at radius 2 is 2.33 bits per heavy atom. The number of hydrogen-bond donors (Lipinski definition) is 1. The molecule has 0 aromatic heterocycles. The lowest BCUT2D eigenvalue weighted by Gasteiger charge is -2.08. The van der Waals surface area contributed by atoms with Crippen molar-refractivity contribution in [2.45, 2.75) is 13.0 Å². The fraction of sp³-hybridized carbons (Fsp3) is 0.333. The van der Waals surface area contributed by atoms with Gasteiger partial charge in [0.05, 0.1) is 11.0 Å². The standard InChI is InChI=1S/C9H10FNO4/c1-6(12)5-15-9-4-7(10)2-3-8(9)11(13)14/h2-4,6,12H,5H2,1H3. The van der Waals surface area contributed by atoms with E-state index in [0.29, 0.717) is 0 Å². The molecule has 5 nitrogen and oxygen atoms in total. The molecular formula is C9H10FNO4. The maximum absolute atomic E-state index is 12.8. The van der Waals surface area contributed by atoms with Crippen LogP contribution in [0.15, 0.2) is 18.2 Å². The van der Waals surface area contributed by atoms with Gasteiger partial charge in [-0.15, -0.1) is 0 Å². The maximum atomic E-state index is 12.8. The molecular weight excluding hydrogens is 205 g/mol. The third-order valence-corrected chi connectivity index (χ3v) is 1.60. The number of halogens is 1. The second kappa shape index (κ2) is 4.70. The number of aliphatic hydroxyl groups is 1. The van der Waals surface area contributed by atoms with E-state index in [0.717, 1.165) is 18.2 Å². The van der Waals surface area contributed by atoms with Crippen LogP contribution in [0.2, 0.25) is 0 Å². The van der Waals surface area contributed by atoms with Crippen LogP contribution >= 0.6 is 0 Å². The summed E-state index contributed by atoms with van der Waals surface area (Å²) in [5.41, 5.74) is -0.322. The van der Waals surface area contributed by atoms with E-state index in [1.807, 2.05) is 0 Å². The van der Waals surface area contributed by atoms with Crippen molar-refractivity contribution in [3.8, 4) is 5.75 Å². The average molecular weight is 215 g/mol. The summed E-state index contributed by atoms with van der Waals surface area (Å²) >= 11 is 0. The van der Waals surface area contributed by atoms with Crippen molar-refractivity contribution in [1.82, 2.24) is 0 Å². The second-order valence-corrected chi connectivity index (χ2v) is 3.03. The van der Waals surface area contributed by atoms with Gasteiger partial charge < -0.3 is 9.84 Å². The molecule has 0 aliphatic rings. The topological polar surface area (TPSA) is 72.6 Å². The molecule has 82 valence electrons. The number of hydrogen-bond acceptors (Lipinski definition) is 4. The highest BCUT2D eigenvalue weighted by Crippen LogP contribution is 2.27. The molecule has 0 aliphatic heterocycles. The van der Waals surface area contributed by atoms with Gasteiger partial charge in [-0.25, -0.2) is 4.39 Å². The summed E-state index contributed by atoms with van der Waals surface area (Å²) in [6, 6.07) is 2.92. The minimum Gasteiger partial charge on any atom is -0.484 e. The maximum Gasteiger partial charge on any atom is 0.311 e. The first-order valence-electron chi connectivity index (χ1n) is 4.25. The van der Waals surface area contributed by atoms with Gasteiger partial charge in [-0.05, 0) is 13.0 Å². The number of nitro groups is 1. The Kier molecular flexibility index (Phi) is 3.56. The van der Waals surface area contributed by atoms with Gasteiger partial charge in [0.15, 0.2) is 5.75 Å². The minimum absolute atomic E-state index is 0.121. The van der Waals surface area contributed by atoms with Gasteiger partial charge in [0.2, 0.25) is 0 Å². The fourth-order valence-corrected chi connectivity index (χ4v) is 0.965. The molecule has 0 aliphatic carbocycles. The van der Waals surface area contributed by atoms with Crippen molar-refractivity contribution in [1.29, 1.82) is 0 Å². The summed E-state index contributed by atoms with van der Waals surface area (Å²) in [4.78, 5) is 9.85. The van der Waals surface area contributed by atoms with E-state index in [1.165, 1.54) is 6.92 Å². The zero-order chi connectivity index (χ0) is 11.4. The first-order valence-corrected chi connectivity index (χ1v) is 4.25. The lowest BCUT2D eigenvalue weighted by atomic mass is 10.3. The summed E-state index contributed by atoms with van der Waals surface area (Å²) < 4.78 is 17.7. The van der Waals surface area contributed by atoms with Crippen molar-refractivity contribution in [3.63, 3.8) is 0 Å². The summed E-state index contributed by atoms with van der Waals surface area (Å²) in [6.45, 7) is 1.34. The van der Waals surface area contributed by atoms with Crippen LogP contribution in [-0.2, 0) is 0 Å². The predicted molar refractivity (Wildman–Crippen MR) is 50.2 cm³/mol. The molecule has 1 atom stereocenters. The van der Waals surface area contributed by atoms with Crippen LogP contribution in [0, 0.1) is 15.9 Å². The van der Waals surface area contributed by atoms with E-state index in [2.05, 4.69) is 0 Å². The highest BCUT2D eigenvalue weighted by Gasteiger charge is 2.16. The third kappa shape index (κ3) is 3.17. The zero-order valence-corrected chi connectivity index (χ0v) is 8.01. The quantitative estimate of drug-likeness (QED) is 0.610. The molecule has 1 rings (SSSR count). The number of benzene rings is 1. The molecule has 1 aromatic carbocycles. The molecule has 6 heteroatoms. The van der Waals surface area contributed by atoms with E-state index >= 15 is 0 Å². The average Bonchev–Trinajstić information content (AvgIpc) is 2.14.